The fraction of sp³-hybridized carbons (Fsp3) is 0.692. The van der Waals surface area contributed by atoms with Crippen LogP contribution in [0.25, 0.3) is 0 Å². The van der Waals surface area contributed by atoms with E-state index in [9.17, 15) is 4.79 Å². The molecule has 1 fully saturated rings. The van der Waals surface area contributed by atoms with Gasteiger partial charge in [0, 0.05) is 35.5 Å². The van der Waals surface area contributed by atoms with Crippen LogP contribution < -0.4 is 5.73 Å². The molecule has 1 amide bonds. The van der Waals surface area contributed by atoms with E-state index in [2.05, 4.69) is 18.8 Å². The summed E-state index contributed by atoms with van der Waals surface area (Å²) in [6.07, 6.45) is 2.33. The first-order valence-electron chi connectivity index (χ1n) is 6.44. The van der Waals surface area contributed by atoms with Crippen LogP contribution in [-0.2, 0) is 4.79 Å². The summed E-state index contributed by atoms with van der Waals surface area (Å²) < 4.78 is 0. The Bertz CT molecular complexity index is 441. The topological polar surface area (TPSA) is 59.2 Å². The number of amides is 1. The Balaban J connectivity index is 2.31. The summed E-state index contributed by atoms with van der Waals surface area (Å²) in [5.41, 5.74) is 6.13. The first kappa shape index (κ1) is 13.5. The lowest BCUT2D eigenvalue weighted by Gasteiger charge is -2.29. The number of hydrogen-bond donors (Lipinski definition) is 1. The molecule has 5 heteroatoms. The molecule has 0 spiro atoms. The van der Waals surface area contributed by atoms with Gasteiger partial charge < -0.3 is 10.6 Å². The van der Waals surface area contributed by atoms with Crippen molar-refractivity contribution in [2.24, 2.45) is 5.73 Å². The minimum Gasteiger partial charge on any atom is -0.331 e. The van der Waals surface area contributed by atoms with Crippen LogP contribution in [0.2, 0.25) is 0 Å². The standard InChI is InChI=1S/C13H21N3OS/c1-7(2)13-15-6-10(18-13)12-9(14)5-11(17)16(12)8(3)4/h6-9,12H,5,14H2,1-4H3/t9-,12-/m1/s1. The van der Waals surface area contributed by atoms with Crippen LogP contribution in [0.4, 0.5) is 0 Å². The Morgan fingerprint density at radius 2 is 2.11 bits per heavy atom. The maximum absolute atomic E-state index is 12.0. The molecule has 2 N–H and O–H groups in total. The SMILES string of the molecule is CC(C)c1ncc([C@H]2[C@H](N)CC(=O)N2C(C)C)s1. The molecule has 100 valence electrons. The highest BCUT2D eigenvalue weighted by Crippen LogP contribution is 2.37. The second-order valence-corrected chi connectivity index (χ2v) is 6.56. The number of thiazole rings is 1. The highest BCUT2D eigenvalue weighted by molar-refractivity contribution is 7.11. The van der Waals surface area contributed by atoms with Gasteiger partial charge in [0.05, 0.1) is 11.0 Å². The third kappa shape index (κ3) is 2.29. The average molecular weight is 267 g/mol. The van der Waals surface area contributed by atoms with Crippen molar-refractivity contribution >= 4 is 17.2 Å². The van der Waals surface area contributed by atoms with Gasteiger partial charge in [-0.2, -0.15) is 0 Å². The Morgan fingerprint density at radius 1 is 1.44 bits per heavy atom. The number of likely N-dealkylation sites (tertiary alicyclic amines) is 1. The van der Waals surface area contributed by atoms with Gasteiger partial charge in [-0.05, 0) is 13.8 Å². The highest BCUT2D eigenvalue weighted by atomic mass is 32.1. The highest BCUT2D eigenvalue weighted by Gasteiger charge is 2.40. The molecule has 0 bridgehead atoms. The molecule has 1 saturated heterocycles. The first-order chi connectivity index (χ1) is 8.41. The number of carbonyl (C=O) groups is 1. The third-order valence-electron chi connectivity index (χ3n) is 3.29. The first-order valence-corrected chi connectivity index (χ1v) is 7.25. The maximum Gasteiger partial charge on any atom is 0.225 e. The largest absolute Gasteiger partial charge is 0.331 e. The Labute approximate surface area is 112 Å². The fourth-order valence-corrected chi connectivity index (χ4v) is 3.54. The summed E-state index contributed by atoms with van der Waals surface area (Å²) >= 11 is 1.68. The van der Waals surface area contributed by atoms with E-state index in [4.69, 9.17) is 5.73 Å². The van der Waals surface area contributed by atoms with Gasteiger partial charge in [-0.15, -0.1) is 11.3 Å². The van der Waals surface area contributed by atoms with Crippen molar-refractivity contribution in [2.45, 2.75) is 58.2 Å². The Hall–Kier alpha value is -0.940. The van der Waals surface area contributed by atoms with E-state index in [0.29, 0.717) is 12.3 Å². The van der Waals surface area contributed by atoms with Gasteiger partial charge >= 0.3 is 0 Å². The number of hydrogen-bond acceptors (Lipinski definition) is 4. The average Bonchev–Trinajstić information content (AvgIpc) is 2.81. The summed E-state index contributed by atoms with van der Waals surface area (Å²) in [6, 6.07) is 0.0727. The van der Waals surface area contributed by atoms with E-state index < -0.39 is 0 Å². The second-order valence-electron chi connectivity index (χ2n) is 5.46. The lowest BCUT2D eigenvalue weighted by Crippen LogP contribution is -2.37. The molecule has 0 saturated carbocycles. The molecule has 1 aromatic rings. The van der Waals surface area contributed by atoms with Crippen LogP contribution in [0.1, 0.15) is 56.0 Å². The van der Waals surface area contributed by atoms with E-state index in [1.54, 1.807) is 11.3 Å². The van der Waals surface area contributed by atoms with Crippen molar-refractivity contribution in [2.75, 3.05) is 0 Å². The molecule has 0 aromatic carbocycles. The van der Waals surface area contributed by atoms with Gasteiger partial charge in [0.25, 0.3) is 0 Å². The molecule has 2 heterocycles. The quantitative estimate of drug-likeness (QED) is 0.914. The molecule has 0 unspecified atom stereocenters. The van der Waals surface area contributed by atoms with Crippen molar-refractivity contribution in [1.29, 1.82) is 0 Å². The number of carbonyl (C=O) groups excluding carboxylic acids is 1. The summed E-state index contributed by atoms with van der Waals surface area (Å²) in [4.78, 5) is 19.4. The molecule has 0 aliphatic carbocycles. The van der Waals surface area contributed by atoms with E-state index in [1.807, 2.05) is 24.9 Å². The van der Waals surface area contributed by atoms with Crippen molar-refractivity contribution in [3.05, 3.63) is 16.1 Å². The van der Waals surface area contributed by atoms with Crippen molar-refractivity contribution in [3.63, 3.8) is 0 Å². The molecular formula is C13H21N3OS. The number of rotatable bonds is 3. The normalized spacial score (nSPS) is 24.6. The minimum absolute atomic E-state index is 0.00231. The smallest absolute Gasteiger partial charge is 0.225 e. The lowest BCUT2D eigenvalue weighted by molar-refractivity contribution is -0.130. The van der Waals surface area contributed by atoms with Crippen molar-refractivity contribution in [3.8, 4) is 0 Å². The summed E-state index contributed by atoms with van der Waals surface area (Å²) in [6.45, 7) is 8.33. The number of nitrogens with zero attached hydrogens (tertiary/aromatic N) is 2. The van der Waals surface area contributed by atoms with Gasteiger partial charge in [0.15, 0.2) is 0 Å². The van der Waals surface area contributed by atoms with Crippen molar-refractivity contribution in [1.82, 2.24) is 9.88 Å². The predicted molar refractivity (Wildman–Crippen MR) is 73.5 cm³/mol. The zero-order valence-electron chi connectivity index (χ0n) is 11.4. The summed E-state index contributed by atoms with van der Waals surface area (Å²) in [5.74, 6) is 0.576. The third-order valence-corrected chi connectivity index (χ3v) is 4.66. The molecule has 0 radical (unpaired) electrons. The Kier molecular flexibility index (Phi) is 3.73. The Morgan fingerprint density at radius 3 is 2.61 bits per heavy atom. The zero-order valence-corrected chi connectivity index (χ0v) is 12.2. The molecule has 2 atom stereocenters. The molecule has 2 rings (SSSR count). The van der Waals surface area contributed by atoms with Gasteiger partial charge in [-0.1, -0.05) is 13.8 Å². The summed E-state index contributed by atoms with van der Waals surface area (Å²) in [7, 11) is 0. The predicted octanol–water partition coefficient (Wildman–Crippen LogP) is 2.28. The molecular weight excluding hydrogens is 246 g/mol. The van der Waals surface area contributed by atoms with Crippen LogP contribution in [0.15, 0.2) is 6.20 Å². The minimum atomic E-state index is -0.111. The number of aromatic nitrogens is 1. The fourth-order valence-electron chi connectivity index (χ4n) is 2.44. The number of nitrogens with two attached hydrogens (primary N) is 1. The van der Waals surface area contributed by atoms with Crippen LogP contribution in [0.5, 0.6) is 0 Å². The van der Waals surface area contributed by atoms with Crippen LogP contribution in [0, 0.1) is 0 Å². The maximum atomic E-state index is 12.0. The molecule has 4 nitrogen and oxygen atoms in total. The molecule has 18 heavy (non-hydrogen) atoms. The van der Waals surface area contributed by atoms with Gasteiger partial charge in [-0.25, -0.2) is 4.98 Å². The van der Waals surface area contributed by atoms with Crippen LogP contribution in [0.3, 0.4) is 0 Å². The zero-order chi connectivity index (χ0) is 13.4. The van der Waals surface area contributed by atoms with E-state index in [-0.39, 0.29) is 24.0 Å². The molecule has 1 aromatic heterocycles. The molecule has 1 aliphatic heterocycles. The summed E-state index contributed by atoms with van der Waals surface area (Å²) in [5, 5.41) is 1.11. The van der Waals surface area contributed by atoms with Gasteiger partial charge in [0.1, 0.15) is 0 Å². The van der Waals surface area contributed by atoms with E-state index >= 15 is 0 Å². The lowest BCUT2D eigenvalue weighted by atomic mass is 10.1. The van der Waals surface area contributed by atoms with Crippen molar-refractivity contribution < 1.29 is 4.79 Å². The van der Waals surface area contributed by atoms with E-state index in [1.165, 1.54) is 0 Å². The van der Waals surface area contributed by atoms with E-state index in [0.717, 1.165) is 9.88 Å². The molecule has 1 aliphatic rings. The monoisotopic (exact) mass is 267 g/mol. The van der Waals surface area contributed by atoms with Crippen LogP contribution in [-0.4, -0.2) is 27.9 Å². The second kappa shape index (κ2) is 4.97. The van der Waals surface area contributed by atoms with Crippen LogP contribution >= 0.6 is 11.3 Å². The van der Waals surface area contributed by atoms with Gasteiger partial charge in [-0.3, -0.25) is 4.79 Å². The van der Waals surface area contributed by atoms with Gasteiger partial charge in [0.2, 0.25) is 5.91 Å².